The summed E-state index contributed by atoms with van der Waals surface area (Å²) < 4.78 is 10.2. The lowest BCUT2D eigenvalue weighted by Crippen LogP contribution is -2.27. The Labute approximate surface area is 123 Å². The van der Waals surface area contributed by atoms with Gasteiger partial charge in [0.2, 0.25) is 0 Å². The van der Waals surface area contributed by atoms with E-state index in [1.165, 1.54) is 0 Å². The highest BCUT2D eigenvalue weighted by molar-refractivity contribution is 5.85. The van der Waals surface area contributed by atoms with E-state index in [1.807, 2.05) is 39.8 Å². The first kappa shape index (κ1) is 14.9. The Morgan fingerprint density at radius 1 is 1.19 bits per heavy atom. The van der Waals surface area contributed by atoms with E-state index in [2.05, 4.69) is 15.8 Å². The third kappa shape index (κ3) is 4.83. The van der Waals surface area contributed by atoms with Crippen molar-refractivity contribution in [2.45, 2.75) is 33.3 Å². The van der Waals surface area contributed by atoms with Crippen molar-refractivity contribution in [3.63, 3.8) is 0 Å². The van der Waals surface area contributed by atoms with Crippen LogP contribution in [-0.4, -0.2) is 16.9 Å². The van der Waals surface area contributed by atoms with Gasteiger partial charge >= 0.3 is 6.09 Å². The second-order valence-electron chi connectivity index (χ2n) is 5.65. The number of rotatable bonds is 3. The SMILES string of the molecule is Cc1cc(Nc2ccc(NC(=O)OC(C)(C)C)cc2)no1. The zero-order valence-electron chi connectivity index (χ0n) is 12.6. The van der Waals surface area contributed by atoms with Crippen LogP contribution in [0.5, 0.6) is 0 Å². The van der Waals surface area contributed by atoms with Crippen LogP contribution in [0.15, 0.2) is 34.9 Å². The van der Waals surface area contributed by atoms with Crippen molar-refractivity contribution in [2.24, 2.45) is 0 Å². The fourth-order valence-corrected chi connectivity index (χ4v) is 1.63. The Balaban J connectivity index is 1.94. The molecule has 1 amide bonds. The van der Waals surface area contributed by atoms with Crippen molar-refractivity contribution in [3.8, 4) is 0 Å². The summed E-state index contributed by atoms with van der Waals surface area (Å²) in [7, 11) is 0. The summed E-state index contributed by atoms with van der Waals surface area (Å²) in [4.78, 5) is 11.6. The Morgan fingerprint density at radius 3 is 2.33 bits per heavy atom. The molecule has 0 bridgehead atoms. The van der Waals surface area contributed by atoms with Gasteiger partial charge in [-0.15, -0.1) is 0 Å². The van der Waals surface area contributed by atoms with Gasteiger partial charge in [-0.2, -0.15) is 0 Å². The van der Waals surface area contributed by atoms with Gasteiger partial charge in [0.25, 0.3) is 0 Å². The maximum Gasteiger partial charge on any atom is 0.412 e. The zero-order valence-corrected chi connectivity index (χ0v) is 12.6. The Kier molecular flexibility index (Phi) is 4.16. The van der Waals surface area contributed by atoms with Crippen LogP contribution in [0, 0.1) is 6.92 Å². The molecule has 2 N–H and O–H groups in total. The second kappa shape index (κ2) is 5.87. The van der Waals surface area contributed by atoms with Crippen molar-refractivity contribution in [1.29, 1.82) is 0 Å². The average molecular weight is 289 g/mol. The number of amides is 1. The summed E-state index contributed by atoms with van der Waals surface area (Å²) in [5.41, 5.74) is 0.986. The van der Waals surface area contributed by atoms with E-state index in [0.29, 0.717) is 11.5 Å². The van der Waals surface area contributed by atoms with E-state index in [-0.39, 0.29) is 0 Å². The second-order valence-corrected chi connectivity index (χ2v) is 5.65. The predicted octanol–water partition coefficient (Wildman–Crippen LogP) is 4.07. The van der Waals surface area contributed by atoms with E-state index in [9.17, 15) is 4.79 Å². The van der Waals surface area contributed by atoms with Gasteiger partial charge in [-0.05, 0) is 52.0 Å². The van der Waals surface area contributed by atoms with Gasteiger partial charge in [0.15, 0.2) is 5.82 Å². The maximum atomic E-state index is 11.6. The topological polar surface area (TPSA) is 76.4 Å². The molecule has 0 saturated carbocycles. The van der Waals surface area contributed by atoms with E-state index in [4.69, 9.17) is 9.26 Å². The molecule has 0 aliphatic carbocycles. The smallest absolute Gasteiger partial charge is 0.412 e. The fourth-order valence-electron chi connectivity index (χ4n) is 1.63. The standard InChI is InChI=1S/C15H19N3O3/c1-10-9-13(18-21-10)16-11-5-7-12(8-6-11)17-14(19)20-15(2,3)4/h5-9H,1-4H3,(H,16,18)(H,17,19). The van der Waals surface area contributed by atoms with Gasteiger partial charge < -0.3 is 14.6 Å². The molecule has 112 valence electrons. The van der Waals surface area contributed by atoms with E-state index < -0.39 is 11.7 Å². The van der Waals surface area contributed by atoms with Crippen molar-refractivity contribution in [3.05, 3.63) is 36.1 Å². The van der Waals surface area contributed by atoms with Crippen LogP contribution in [0.3, 0.4) is 0 Å². The molecule has 0 radical (unpaired) electrons. The van der Waals surface area contributed by atoms with Crippen LogP contribution in [0.1, 0.15) is 26.5 Å². The molecule has 21 heavy (non-hydrogen) atoms. The third-order valence-corrected chi connectivity index (χ3v) is 2.43. The lowest BCUT2D eigenvalue weighted by atomic mass is 10.2. The predicted molar refractivity (Wildman–Crippen MR) is 80.8 cm³/mol. The number of nitrogens with zero attached hydrogens (tertiary/aromatic N) is 1. The largest absolute Gasteiger partial charge is 0.444 e. The molecule has 0 saturated heterocycles. The van der Waals surface area contributed by atoms with Crippen molar-refractivity contribution < 1.29 is 14.1 Å². The lowest BCUT2D eigenvalue weighted by molar-refractivity contribution is 0.0636. The fraction of sp³-hybridized carbons (Fsp3) is 0.333. The van der Waals surface area contributed by atoms with E-state index >= 15 is 0 Å². The number of nitrogens with one attached hydrogen (secondary N) is 2. The summed E-state index contributed by atoms with van der Waals surface area (Å²) in [5, 5.41) is 9.61. The number of ether oxygens (including phenoxy) is 1. The van der Waals surface area contributed by atoms with Crippen molar-refractivity contribution >= 4 is 23.3 Å². The number of benzene rings is 1. The maximum absolute atomic E-state index is 11.6. The van der Waals surface area contributed by atoms with Gasteiger partial charge in [-0.25, -0.2) is 4.79 Å². The summed E-state index contributed by atoms with van der Waals surface area (Å²) in [6.45, 7) is 7.28. The van der Waals surface area contributed by atoms with Crippen LogP contribution in [0.4, 0.5) is 22.0 Å². The van der Waals surface area contributed by atoms with E-state index in [0.717, 1.165) is 11.4 Å². The lowest BCUT2D eigenvalue weighted by Gasteiger charge is -2.19. The quantitative estimate of drug-likeness (QED) is 0.890. The molecule has 2 aromatic rings. The molecule has 6 heteroatoms. The Morgan fingerprint density at radius 2 is 1.81 bits per heavy atom. The molecule has 0 aliphatic rings. The minimum atomic E-state index is -0.517. The van der Waals surface area contributed by atoms with Gasteiger partial charge in [0.05, 0.1) is 0 Å². The van der Waals surface area contributed by atoms with Crippen LogP contribution in [-0.2, 0) is 4.74 Å². The minimum Gasteiger partial charge on any atom is -0.444 e. The molecular formula is C15H19N3O3. The molecule has 0 fully saturated rings. The summed E-state index contributed by atoms with van der Waals surface area (Å²) in [5.74, 6) is 1.38. The monoisotopic (exact) mass is 289 g/mol. The molecular weight excluding hydrogens is 270 g/mol. The van der Waals surface area contributed by atoms with Crippen LogP contribution in [0.25, 0.3) is 0 Å². The number of carbonyl (C=O) groups is 1. The number of aromatic nitrogens is 1. The Bertz CT molecular complexity index is 612. The van der Waals surface area contributed by atoms with Crippen LogP contribution >= 0.6 is 0 Å². The Hall–Kier alpha value is -2.50. The summed E-state index contributed by atoms with van der Waals surface area (Å²) in [6, 6.07) is 9.01. The highest BCUT2D eigenvalue weighted by Crippen LogP contribution is 2.19. The molecule has 0 unspecified atom stereocenters. The normalized spacial score (nSPS) is 11.0. The molecule has 0 aliphatic heterocycles. The number of anilines is 3. The summed E-state index contributed by atoms with van der Waals surface area (Å²) in [6.07, 6.45) is -0.477. The number of hydrogen-bond donors (Lipinski definition) is 2. The van der Waals surface area contributed by atoms with Crippen molar-refractivity contribution in [1.82, 2.24) is 5.16 Å². The molecule has 1 aromatic heterocycles. The number of carbonyl (C=O) groups excluding carboxylic acids is 1. The third-order valence-electron chi connectivity index (χ3n) is 2.43. The van der Waals surface area contributed by atoms with Gasteiger partial charge in [0.1, 0.15) is 11.4 Å². The van der Waals surface area contributed by atoms with Gasteiger partial charge in [-0.1, -0.05) is 5.16 Å². The summed E-state index contributed by atoms with van der Waals surface area (Å²) >= 11 is 0. The molecule has 6 nitrogen and oxygen atoms in total. The highest BCUT2D eigenvalue weighted by Gasteiger charge is 2.16. The first-order chi connectivity index (χ1) is 9.82. The molecule has 2 rings (SSSR count). The van der Waals surface area contributed by atoms with Crippen molar-refractivity contribution in [2.75, 3.05) is 10.6 Å². The molecule has 0 atom stereocenters. The van der Waals surface area contributed by atoms with Crippen LogP contribution < -0.4 is 10.6 Å². The zero-order chi connectivity index (χ0) is 15.5. The van der Waals surface area contributed by atoms with Gasteiger partial charge in [0, 0.05) is 17.4 Å². The van der Waals surface area contributed by atoms with Crippen LogP contribution in [0.2, 0.25) is 0 Å². The average Bonchev–Trinajstić information content (AvgIpc) is 2.75. The minimum absolute atomic E-state index is 0.477. The first-order valence-corrected chi connectivity index (χ1v) is 6.62. The van der Waals surface area contributed by atoms with Gasteiger partial charge in [-0.3, -0.25) is 5.32 Å². The van der Waals surface area contributed by atoms with E-state index in [1.54, 1.807) is 18.2 Å². The molecule has 1 heterocycles. The first-order valence-electron chi connectivity index (χ1n) is 6.62. The molecule has 1 aromatic carbocycles. The highest BCUT2D eigenvalue weighted by atomic mass is 16.6. The number of hydrogen-bond acceptors (Lipinski definition) is 5. The number of aryl methyl sites for hydroxylation is 1. The molecule has 0 spiro atoms.